The predicted molar refractivity (Wildman–Crippen MR) is 79.4 cm³/mol. The van der Waals surface area contributed by atoms with Crippen molar-refractivity contribution in [1.82, 2.24) is 9.78 Å². The van der Waals surface area contributed by atoms with Gasteiger partial charge in [0.2, 0.25) is 0 Å². The maximum atomic E-state index is 13.4. The third-order valence-corrected chi connectivity index (χ3v) is 5.23. The van der Waals surface area contributed by atoms with E-state index in [-0.39, 0.29) is 16.3 Å². The number of benzene rings is 1. The Kier molecular flexibility index (Phi) is 4.25. The second kappa shape index (κ2) is 5.65. The molecule has 0 aliphatic rings. The Labute approximate surface area is 127 Å². The van der Waals surface area contributed by atoms with Crippen LogP contribution in [0.1, 0.15) is 18.3 Å². The number of sulfone groups is 1. The highest BCUT2D eigenvalue weighted by Gasteiger charge is 2.22. The van der Waals surface area contributed by atoms with Gasteiger partial charge >= 0.3 is 0 Å². The minimum absolute atomic E-state index is 0.0959. The maximum absolute atomic E-state index is 13.4. The van der Waals surface area contributed by atoms with Crippen LogP contribution in [0.4, 0.5) is 10.1 Å². The van der Waals surface area contributed by atoms with Crippen molar-refractivity contribution in [3.63, 3.8) is 0 Å². The molecule has 0 atom stereocenters. The van der Waals surface area contributed by atoms with Crippen LogP contribution in [0.2, 0.25) is 5.02 Å². The van der Waals surface area contributed by atoms with Gasteiger partial charge in [0, 0.05) is 6.54 Å². The molecule has 0 radical (unpaired) electrons. The van der Waals surface area contributed by atoms with Gasteiger partial charge in [0.25, 0.3) is 0 Å². The number of aryl methyl sites for hydroxylation is 2. The summed E-state index contributed by atoms with van der Waals surface area (Å²) in [4.78, 5) is -0.133. The van der Waals surface area contributed by atoms with E-state index in [1.165, 1.54) is 16.8 Å². The SMILES string of the molecule is CCn1nc(C)c(Cl)c1CS(=O)(=O)c1ccc(N)c(F)c1. The van der Waals surface area contributed by atoms with E-state index in [1.807, 2.05) is 6.92 Å². The molecule has 1 aromatic heterocycles. The topological polar surface area (TPSA) is 78.0 Å². The van der Waals surface area contributed by atoms with Gasteiger partial charge in [-0.2, -0.15) is 5.10 Å². The molecule has 0 bridgehead atoms. The van der Waals surface area contributed by atoms with Crippen LogP contribution in [0.3, 0.4) is 0 Å². The third-order valence-electron chi connectivity index (χ3n) is 3.11. The Bertz CT molecular complexity index is 787. The molecule has 8 heteroatoms. The highest BCUT2D eigenvalue weighted by atomic mass is 35.5. The number of nitrogens with zero attached hydrogens (tertiary/aromatic N) is 2. The molecular formula is C13H15ClFN3O2S. The Balaban J connectivity index is 2.44. The summed E-state index contributed by atoms with van der Waals surface area (Å²) in [6.07, 6.45) is 0. The zero-order valence-corrected chi connectivity index (χ0v) is 13.2. The van der Waals surface area contributed by atoms with Crippen molar-refractivity contribution < 1.29 is 12.8 Å². The van der Waals surface area contributed by atoms with E-state index in [2.05, 4.69) is 5.10 Å². The van der Waals surface area contributed by atoms with Crippen LogP contribution < -0.4 is 5.73 Å². The molecule has 114 valence electrons. The first-order valence-electron chi connectivity index (χ1n) is 6.25. The fourth-order valence-corrected chi connectivity index (χ4v) is 3.63. The summed E-state index contributed by atoms with van der Waals surface area (Å²) in [5.74, 6) is -1.11. The van der Waals surface area contributed by atoms with Crippen LogP contribution in [-0.2, 0) is 22.1 Å². The lowest BCUT2D eigenvalue weighted by Crippen LogP contribution is -2.11. The number of nitrogens with two attached hydrogens (primary N) is 1. The first kappa shape index (κ1) is 15.8. The molecule has 0 aliphatic carbocycles. The molecule has 0 saturated carbocycles. The quantitative estimate of drug-likeness (QED) is 0.873. The molecular weight excluding hydrogens is 317 g/mol. The normalized spacial score (nSPS) is 11.8. The number of aromatic nitrogens is 2. The van der Waals surface area contributed by atoms with Crippen molar-refractivity contribution in [3.8, 4) is 0 Å². The Morgan fingerprint density at radius 2 is 2.10 bits per heavy atom. The minimum atomic E-state index is -3.74. The Hall–Kier alpha value is -1.60. The van der Waals surface area contributed by atoms with Gasteiger partial charge in [-0.3, -0.25) is 4.68 Å². The molecule has 1 heterocycles. The summed E-state index contributed by atoms with van der Waals surface area (Å²) in [5.41, 5.74) is 6.22. The zero-order chi connectivity index (χ0) is 15.8. The number of nitrogen functional groups attached to an aromatic ring is 1. The molecule has 0 saturated heterocycles. The lowest BCUT2D eigenvalue weighted by molar-refractivity contribution is 0.582. The fraction of sp³-hybridized carbons (Fsp3) is 0.308. The summed E-state index contributed by atoms with van der Waals surface area (Å²) in [7, 11) is -3.74. The van der Waals surface area contributed by atoms with E-state index in [0.717, 1.165) is 6.07 Å². The van der Waals surface area contributed by atoms with Gasteiger partial charge in [-0.1, -0.05) is 11.6 Å². The third kappa shape index (κ3) is 3.03. The Morgan fingerprint density at radius 3 is 2.67 bits per heavy atom. The van der Waals surface area contributed by atoms with Gasteiger partial charge in [-0.25, -0.2) is 12.8 Å². The maximum Gasteiger partial charge on any atom is 0.184 e. The highest BCUT2D eigenvalue weighted by Crippen LogP contribution is 2.26. The van der Waals surface area contributed by atoms with Gasteiger partial charge in [0.1, 0.15) is 5.82 Å². The average Bonchev–Trinajstić information content (AvgIpc) is 2.69. The average molecular weight is 332 g/mol. The molecule has 0 amide bonds. The van der Waals surface area contributed by atoms with Crippen molar-refractivity contribution in [2.45, 2.75) is 31.0 Å². The summed E-state index contributed by atoms with van der Waals surface area (Å²) in [5, 5.41) is 4.48. The smallest absolute Gasteiger partial charge is 0.184 e. The van der Waals surface area contributed by atoms with Crippen LogP contribution in [0.25, 0.3) is 0 Å². The molecule has 0 fully saturated rings. The summed E-state index contributed by atoms with van der Waals surface area (Å²) < 4.78 is 39.7. The molecule has 1 aromatic carbocycles. The molecule has 0 spiro atoms. The predicted octanol–water partition coefficient (Wildman–Crippen LogP) is 2.56. The van der Waals surface area contributed by atoms with Gasteiger partial charge in [-0.15, -0.1) is 0 Å². The van der Waals surface area contributed by atoms with Gasteiger partial charge < -0.3 is 5.73 Å². The van der Waals surface area contributed by atoms with Crippen molar-refractivity contribution in [3.05, 3.63) is 40.4 Å². The number of rotatable bonds is 4. The van der Waals surface area contributed by atoms with Gasteiger partial charge in [0.15, 0.2) is 9.84 Å². The van der Waals surface area contributed by atoms with Gasteiger partial charge in [0.05, 0.1) is 32.7 Å². The number of hydrogen-bond acceptors (Lipinski definition) is 4. The van der Waals surface area contributed by atoms with E-state index in [4.69, 9.17) is 17.3 Å². The summed E-state index contributed by atoms with van der Waals surface area (Å²) in [6, 6.07) is 3.42. The monoisotopic (exact) mass is 331 g/mol. The molecule has 21 heavy (non-hydrogen) atoms. The van der Waals surface area contributed by atoms with E-state index < -0.39 is 15.7 Å². The second-order valence-corrected chi connectivity index (χ2v) is 6.97. The molecule has 2 rings (SSSR count). The number of hydrogen-bond donors (Lipinski definition) is 1. The van der Waals surface area contributed by atoms with Crippen LogP contribution in [0.15, 0.2) is 23.1 Å². The van der Waals surface area contributed by atoms with Crippen LogP contribution in [0, 0.1) is 12.7 Å². The highest BCUT2D eigenvalue weighted by molar-refractivity contribution is 7.90. The van der Waals surface area contributed by atoms with Crippen LogP contribution >= 0.6 is 11.6 Å². The Morgan fingerprint density at radius 1 is 1.43 bits per heavy atom. The molecule has 5 nitrogen and oxygen atoms in total. The van der Waals surface area contributed by atoms with Crippen molar-refractivity contribution in [2.75, 3.05) is 5.73 Å². The first-order valence-corrected chi connectivity index (χ1v) is 8.29. The van der Waals surface area contributed by atoms with Crippen LogP contribution in [-0.4, -0.2) is 18.2 Å². The first-order chi connectivity index (χ1) is 9.76. The van der Waals surface area contributed by atoms with Crippen molar-refractivity contribution >= 4 is 27.1 Å². The molecule has 0 aliphatic heterocycles. The van der Waals surface area contributed by atoms with E-state index >= 15 is 0 Å². The largest absolute Gasteiger partial charge is 0.396 e. The number of anilines is 1. The van der Waals surface area contributed by atoms with Crippen molar-refractivity contribution in [1.29, 1.82) is 0 Å². The fourth-order valence-electron chi connectivity index (χ4n) is 1.97. The van der Waals surface area contributed by atoms with Gasteiger partial charge in [-0.05, 0) is 32.0 Å². The lowest BCUT2D eigenvalue weighted by Gasteiger charge is -2.08. The second-order valence-electron chi connectivity index (χ2n) is 4.60. The molecule has 0 unspecified atom stereocenters. The standard InChI is InChI=1S/C13H15ClFN3O2S/c1-3-18-12(13(14)8(2)17-18)7-21(19,20)9-4-5-11(16)10(15)6-9/h4-6H,3,7,16H2,1-2H3. The summed E-state index contributed by atoms with van der Waals surface area (Å²) in [6.45, 7) is 4.03. The molecule has 2 aromatic rings. The van der Waals surface area contributed by atoms with Crippen LogP contribution in [0.5, 0.6) is 0 Å². The zero-order valence-electron chi connectivity index (χ0n) is 11.6. The number of halogens is 2. The minimum Gasteiger partial charge on any atom is -0.396 e. The van der Waals surface area contributed by atoms with Crippen molar-refractivity contribution in [2.24, 2.45) is 0 Å². The van der Waals surface area contributed by atoms with E-state index in [1.54, 1.807) is 6.92 Å². The van der Waals surface area contributed by atoms with E-state index in [9.17, 15) is 12.8 Å². The summed E-state index contributed by atoms with van der Waals surface area (Å²) >= 11 is 6.10. The van der Waals surface area contributed by atoms with E-state index in [0.29, 0.717) is 23.0 Å². The lowest BCUT2D eigenvalue weighted by atomic mass is 10.3. The molecule has 2 N–H and O–H groups in total.